The molecule has 0 fully saturated rings. The molecule has 19 heavy (non-hydrogen) atoms. The van der Waals surface area contributed by atoms with Crippen molar-refractivity contribution in [3.8, 4) is 11.8 Å². The van der Waals surface area contributed by atoms with Gasteiger partial charge in [0.15, 0.2) is 0 Å². The molecule has 0 amide bonds. The highest BCUT2D eigenvalue weighted by atomic mass is 16.2. The maximum Gasteiger partial charge on any atom is 0.333 e. The molecule has 1 aromatic carbocycles. The van der Waals surface area contributed by atoms with Gasteiger partial charge in [-0.2, -0.15) is 5.26 Å². The van der Waals surface area contributed by atoms with E-state index < -0.39 is 11.2 Å². The molecular weight excluding hydrogens is 242 g/mol. The van der Waals surface area contributed by atoms with Gasteiger partial charge in [0.2, 0.25) is 0 Å². The molecule has 2 aromatic rings. The summed E-state index contributed by atoms with van der Waals surface area (Å²) in [6.07, 6.45) is 1.29. The van der Waals surface area contributed by atoms with Gasteiger partial charge in [0, 0.05) is 6.20 Å². The Morgan fingerprint density at radius 3 is 2.42 bits per heavy atom. The van der Waals surface area contributed by atoms with E-state index in [0.717, 1.165) is 16.7 Å². The second-order valence-electron chi connectivity index (χ2n) is 4.46. The number of nitrogens with one attached hydrogen (secondary N) is 1. The van der Waals surface area contributed by atoms with Crippen LogP contribution in [0.5, 0.6) is 0 Å². The molecule has 0 aliphatic carbocycles. The van der Waals surface area contributed by atoms with Gasteiger partial charge in [0.1, 0.15) is 11.6 Å². The Morgan fingerprint density at radius 1 is 1.16 bits per heavy atom. The zero-order valence-corrected chi connectivity index (χ0v) is 10.9. The summed E-state index contributed by atoms with van der Waals surface area (Å²) in [5.74, 6) is 0. The van der Waals surface area contributed by atoms with Gasteiger partial charge in [0.05, 0.1) is 5.69 Å². The van der Waals surface area contributed by atoms with Crippen molar-refractivity contribution in [3.05, 3.63) is 61.4 Å². The summed E-state index contributed by atoms with van der Waals surface area (Å²) in [6.45, 7) is 5.73. The molecule has 0 aliphatic heterocycles. The van der Waals surface area contributed by atoms with Crippen LogP contribution >= 0.6 is 0 Å². The fourth-order valence-electron chi connectivity index (χ4n) is 2.02. The topological polar surface area (TPSA) is 78.7 Å². The zero-order valence-electron chi connectivity index (χ0n) is 10.9. The van der Waals surface area contributed by atoms with E-state index in [1.807, 2.05) is 32.9 Å². The number of H-pyrrole nitrogens is 1. The summed E-state index contributed by atoms with van der Waals surface area (Å²) < 4.78 is 1.32. The van der Waals surface area contributed by atoms with Gasteiger partial charge in [-0.05, 0) is 37.5 Å². The first kappa shape index (κ1) is 12.8. The van der Waals surface area contributed by atoms with Crippen LogP contribution in [0.25, 0.3) is 5.69 Å². The average Bonchev–Trinajstić information content (AvgIpc) is 2.37. The second kappa shape index (κ2) is 4.58. The van der Waals surface area contributed by atoms with Crippen LogP contribution in [0.15, 0.2) is 27.9 Å². The van der Waals surface area contributed by atoms with E-state index in [2.05, 4.69) is 4.98 Å². The highest BCUT2D eigenvalue weighted by molar-refractivity contribution is 5.51. The minimum atomic E-state index is -0.660. The molecule has 0 saturated carbocycles. The third kappa shape index (κ3) is 2.08. The Labute approximate surface area is 109 Å². The second-order valence-corrected chi connectivity index (χ2v) is 4.46. The Kier molecular flexibility index (Phi) is 3.09. The molecule has 5 heteroatoms. The number of aryl methyl sites for hydroxylation is 2. The fraction of sp³-hybridized carbons (Fsp3) is 0.214. The summed E-state index contributed by atoms with van der Waals surface area (Å²) in [4.78, 5) is 25.5. The first-order valence-corrected chi connectivity index (χ1v) is 5.79. The third-order valence-corrected chi connectivity index (χ3v) is 3.21. The number of aromatic nitrogens is 2. The fourth-order valence-corrected chi connectivity index (χ4v) is 2.02. The Hall–Kier alpha value is -2.61. The first-order valence-electron chi connectivity index (χ1n) is 5.79. The predicted octanol–water partition coefficient (Wildman–Crippen LogP) is 1.32. The third-order valence-electron chi connectivity index (χ3n) is 3.21. The summed E-state index contributed by atoms with van der Waals surface area (Å²) >= 11 is 0. The lowest BCUT2D eigenvalue weighted by Gasteiger charge is -2.14. The summed E-state index contributed by atoms with van der Waals surface area (Å²) in [5.41, 5.74) is 2.31. The number of nitriles is 1. The van der Waals surface area contributed by atoms with Crippen molar-refractivity contribution >= 4 is 0 Å². The van der Waals surface area contributed by atoms with Crippen molar-refractivity contribution in [2.75, 3.05) is 0 Å². The van der Waals surface area contributed by atoms with Crippen LogP contribution in [0.2, 0.25) is 0 Å². The zero-order chi connectivity index (χ0) is 14.2. The summed E-state index contributed by atoms with van der Waals surface area (Å²) in [6, 6.07) is 5.66. The smallest absolute Gasteiger partial charge is 0.273 e. The van der Waals surface area contributed by atoms with Gasteiger partial charge < -0.3 is 0 Å². The van der Waals surface area contributed by atoms with E-state index in [0.29, 0.717) is 5.69 Å². The molecule has 5 nitrogen and oxygen atoms in total. The molecule has 0 radical (unpaired) electrons. The van der Waals surface area contributed by atoms with Crippen molar-refractivity contribution in [3.63, 3.8) is 0 Å². The number of benzene rings is 1. The molecule has 0 spiro atoms. The van der Waals surface area contributed by atoms with Crippen LogP contribution in [-0.2, 0) is 0 Å². The monoisotopic (exact) mass is 255 g/mol. The average molecular weight is 255 g/mol. The summed E-state index contributed by atoms with van der Waals surface area (Å²) in [7, 11) is 0. The predicted molar refractivity (Wildman–Crippen MR) is 71.6 cm³/mol. The van der Waals surface area contributed by atoms with Crippen molar-refractivity contribution < 1.29 is 0 Å². The van der Waals surface area contributed by atoms with Crippen LogP contribution in [0.3, 0.4) is 0 Å². The first-order chi connectivity index (χ1) is 8.95. The van der Waals surface area contributed by atoms with Crippen LogP contribution in [0, 0.1) is 32.1 Å². The van der Waals surface area contributed by atoms with E-state index in [4.69, 9.17) is 5.26 Å². The maximum absolute atomic E-state index is 11.9. The Bertz CT molecular complexity index is 807. The SMILES string of the molecule is Cc1ccc(C)c(-n2cc(C#N)c(=O)[nH]c2=O)c1C. The van der Waals surface area contributed by atoms with Crippen LogP contribution in [0.1, 0.15) is 22.3 Å². The van der Waals surface area contributed by atoms with Crippen LogP contribution < -0.4 is 11.2 Å². The lowest BCUT2D eigenvalue weighted by atomic mass is 10.0. The number of aromatic amines is 1. The number of rotatable bonds is 1. The highest BCUT2D eigenvalue weighted by Gasteiger charge is 2.11. The lowest BCUT2D eigenvalue weighted by molar-refractivity contribution is 0.874. The normalized spacial score (nSPS) is 10.2. The van der Waals surface area contributed by atoms with Gasteiger partial charge in [-0.25, -0.2) is 4.79 Å². The minimum Gasteiger partial charge on any atom is -0.273 e. The molecule has 0 unspecified atom stereocenters. The number of hydrogen-bond donors (Lipinski definition) is 1. The Balaban J connectivity index is 2.88. The van der Waals surface area contributed by atoms with E-state index in [1.165, 1.54) is 10.8 Å². The van der Waals surface area contributed by atoms with Gasteiger partial charge in [-0.15, -0.1) is 0 Å². The van der Waals surface area contributed by atoms with Gasteiger partial charge in [0.25, 0.3) is 5.56 Å². The van der Waals surface area contributed by atoms with Crippen molar-refractivity contribution in [2.45, 2.75) is 20.8 Å². The van der Waals surface area contributed by atoms with E-state index in [9.17, 15) is 9.59 Å². The molecule has 0 saturated heterocycles. The summed E-state index contributed by atoms with van der Waals surface area (Å²) in [5, 5.41) is 8.89. The largest absolute Gasteiger partial charge is 0.333 e. The van der Waals surface area contributed by atoms with Crippen molar-refractivity contribution in [1.29, 1.82) is 5.26 Å². The van der Waals surface area contributed by atoms with E-state index in [1.54, 1.807) is 6.07 Å². The molecule has 0 aliphatic rings. The number of nitrogens with zero attached hydrogens (tertiary/aromatic N) is 2. The van der Waals surface area contributed by atoms with Crippen molar-refractivity contribution in [2.24, 2.45) is 0 Å². The standard InChI is InChI=1S/C14H13N3O2/c1-8-4-5-9(2)12(10(8)3)17-7-11(6-15)13(18)16-14(17)19/h4-5,7H,1-3H3,(H,16,18,19). The van der Waals surface area contributed by atoms with Crippen molar-refractivity contribution in [1.82, 2.24) is 9.55 Å². The molecule has 0 bridgehead atoms. The van der Waals surface area contributed by atoms with Crippen LogP contribution in [-0.4, -0.2) is 9.55 Å². The van der Waals surface area contributed by atoms with E-state index >= 15 is 0 Å². The van der Waals surface area contributed by atoms with Gasteiger partial charge >= 0.3 is 5.69 Å². The molecule has 0 atom stereocenters. The lowest BCUT2D eigenvalue weighted by Crippen LogP contribution is -2.30. The molecule has 1 heterocycles. The number of hydrogen-bond acceptors (Lipinski definition) is 3. The Morgan fingerprint density at radius 2 is 1.79 bits per heavy atom. The molecule has 96 valence electrons. The quantitative estimate of drug-likeness (QED) is 0.834. The molecule has 2 rings (SSSR count). The van der Waals surface area contributed by atoms with Gasteiger partial charge in [-0.3, -0.25) is 14.3 Å². The highest BCUT2D eigenvalue weighted by Crippen LogP contribution is 2.20. The van der Waals surface area contributed by atoms with E-state index in [-0.39, 0.29) is 5.56 Å². The van der Waals surface area contributed by atoms with Gasteiger partial charge in [-0.1, -0.05) is 12.1 Å². The maximum atomic E-state index is 11.9. The molecule has 1 N–H and O–H groups in total. The minimum absolute atomic E-state index is 0.0834. The molecule has 1 aromatic heterocycles. The van der Waals surface area contributed by atoms with Crippen LogP contribution in [0.4, 0.5) is 0 Å². The molecular formula is C14H13N3O2.